The van der Waals surface area contributed by atoms with Crippen molar-refractivity contribution in [2.45, 2.75) is 6.61 Å². The quantitative estimate of drug-likeness (QED) is 0.668. The van der Waals surface area contributed by atoms with Gasteiger partial charge in [-0.25, -0.2) is 4.79 Å². The number of carbonyl (C=O) groups is 1. The number of nitro benzene ring substituents is 1. The minimum Gasteiger partial charge on any atom is -0.488 e. The highest BCUT2D eigenvalue weighted by Gasteiger charge is 2.11. The van der Waals surface area contributed by atoms with E-state index in [0.29, 0.717) is 5.56 Å². The Bertz CT molecular complexity index is 654. The minimum absolute atomic E-state index is 0.0300. The van der Waals surface area contributed by atoms with Crippen LogP contribution in [0.4, 0.5) is 5.69 Å². The van der Waals surface area contributed by atoms with Crippen LogP contribution in [0, 0.1) is 10.1 Å². The predicted molar refractivity (Wildman–Crippen MR) is 70.8 cm³/mol. The molecule has 0 radical (unpaired) electrons. The standard InChI is InChI=1S/C14H11NO5/c16-14(17)12-6-1-2-7-13(12)20-9-10-4-3-5-11(8-10)15(18)19/h1-8H,9H2,(H,16,17). The molecule has 0 unspecified atom stereocenters. The third-order valence-electron chi connectivity index (χ3n) is 2.63. The van der Waals surface area contributed by atoms with Crippen molar-refractivity contribution in [3.05, 3.63) is 69.8 Å². The Balaban J connectivity index is 2.15. The average molecular weight is 273 g/mol. The van der Waals surface area contributed by atoms with Crippen molar-refractivity contribution in [2.24, 2.45) is 0 Å². The van der Waals surface area contributed by atoms with E-state index in [1.54, 1.807) is 30.3 Å². The van der Waals surface area contributed by atoms with E-state index in [2.05, 4.69) is 0 Å². The summed E-state index contributed by atoms with van der Waals surface area (Å²) in [5.74, 6) is -0.855. The van der Waals surface area contributed by atoms with E-state index in [1.165, 1.54) is 18.2 Å². The molecule has 0 heterocycles. The predicted octanol–water partition coefficient (Wildman–Crippen LogP) is 2.87. The molecule has 6 nitrogen and oxygen atoms in total. The molecule has 0 saturated carbocycles. The van der Waals surface area contributed by atoms with Gasteiger partial charge in [-0.15, -0.1) is 0 Å². The van der Waals surface area contributed by atoms with Crippen LogP contribution in [0.2, 0.25) is 0 Å². The third kappa shape index (κ3) is 3.11. The van der Waals surface area contributed by atoms with Gasteiger partial charge in [0.1, 0.15) is 17.9 Å². The molecular formula is C14H11NO5. The van der Waals surface area contributed by atoms with Gasteiger partial charge in [-0.1, -0.05) is 24.3 Å². The molecular weight excluding hydrogens is 262 g/mol. The van der Waals surface area contributed by atoms with E-state index in [-0.39, 0.29) is 23.6 Å². The number of aromatic carboxylic acids is 1. The van der Waals surface area contributed by atoms with Gasteiger partial charge in [0, 0.05) is 12.1 Å². The minimum atomic E-state index is -1.08. The van der Waals surface area contributed by atoms with Crippen LogP contribution < -0.4 is 4.74 Å². The Kier molecular flexibility index (Phi) is 3.95. The summed E-state index contributed by atoms with van der Waals surface area (Å²) >= 11 is 0. The van der Waals surface area contributed by atoms with Crippen LogP contribution in [0.5, 0.6) is 5.75 Å². The van der Waals surface area contributed by atoms with Crippen molar-refractivity contribution in [3.63, 3.8) is 0 Å². The van der Waals surface area contributed by atoms with Gasteiger partial charge in [0.2, 0.25) is 0 Å². The topological polar surface area (TPSA) is 89.7 Å². The van der Waals surface area contributed by atoms with E-state index in [9.17, 15) is 14.9 Å². The summed E-state index contributed by atoms with van der Waals surface area (Å²) in [5, 5.41) is 19.7. The van der Waals surface area contributed by atoms with Crippen molar-refractivity contribution in [2.75, 3.05) is 0 Å². The number of ether oxygens (including phenoxy) is 1. The first-order valence-corrected chi connectivity index (χ1v) is 5.76. The van der Waals surface area contributed by atoms with E-state index >= 15 is 0 Å². The second-order valence-electron chi connectivity index (χ2n) is 4.02. The van der Waals surface area contributed by atoms with Crippen LogP contribution >= 0.6 is 0 Å². The van der Waals surface area contributed by atoms with Gasteiger partial charge in [0.25, 0.3) is 5.69 Å². The lowest BCUT2D eigenvalue weighted by Gasteiger charge is -2.08. The highest BCUT2D eigenvalue weighted by molar-refractivity contribution is 5.90. The van der Waals surface area contributed by atoms with Crippen LogP contribution in [0.25, 0.3) is 0 Å². The summed E-state index contributed by atoms with van der Waals surface area (Å²) in [6, 6.07) is 12.2. The number of benzene rings is 2. The zero-order chi connectivity index (χ0) is 14.5. The number of nitrogens with zero attached hydrogens (tertiary/aromatic N) is 1. The molecule has 102 valence electrons. The van der Waals surface area contributed by atoms with Gasteiger partial charge < -0.3 is 9.84 Å². The first-order valence-electron chi connectivity index (χ1n) is 5.76. The zero-order valence-electron chi connectivity index (χ0n) is 10.4. The maximum atomic E-state index is 11.0. The average Bonchev–Trinajstić information content (AvgIpc) is 2.45. The van der Waals surface area contributed by atoms with Crippen LogP contribution in [-0.2, 0) is 6.61 Å². The van der Waals surface area contributed by atoms with E-state index in [4.69, 9.17) is 9.84 Å². The van der Waals surface area contributed by atoms with Crippen molar-refractivity contribution in [3.8, 4) is 5.75 Å². The molecule has 0 amide bonds. The number of carboxylic acids is 1. The van der Waals surface area contributed by atoms with Gasteiger partial charge in [-0.3, -0.25) is 10.1 Å². The molecule has 0 aliphatic heterocycles. The Morgan fingerprint density at radius 2 is 1.95 bits per heavy atom. The number of para-hydroxylation sites is 1. The van der Waals surface area contributed by atoms with Crippen molar-refractivity contribution in [1.82, 2.24) is 0 Å². The summed E-state index contributed by atoms with van der Waals surface area (Å²) in [5.41, 5.74) is 0.620. The number of nitro groups is 1. The third-order valence-corrected chi connectivity index (χ3v) is 2.63. The van der Waals surface area contributed by atoms with Crippen LogP contribution in [-0.4, -0.2) is 16.0 Å². The molecule has 0 atom stereocenters. The maximum absolute atomic E-state index is 11.0. The molecule has 0 aromatic heterocycles. The zero-order valence-corrected chi connectivity index (χ0v) is 10.4. The molecule has 2 aromatic rings. The van der Waals surface area contributed by atoms with E-state index in [0.717, 1.165) is 0 Å². The lowest BCUT2D eigenvalue weighted by Crippen LogP contribution is -2.03. The fraction of sp³-hybridized carbons (Fsp3) is 0.0714. The molecule has 6 heteroatoms. The fourth-order valence-electron chi connectivity index (χ4n) is 1.69. The summed E-state index contributed by atoms with van der Waals surface area (Å²) < 4.78 is 5.42. The largest absolute Gasteiger partial charge is 0.488 e. The monoisotopic (exact) mass is 273 g/mol. The second-order valence-corrected chi connectivity index (χ2v) is 4.02. The Labute approximate surface area is 114 Å². The highest BCUT2D eigenvalue weighted by atomic mass is 16.6. The first kappa shape index (κ1) is 13.5. The summed E-state index contributed by atoms with van der Waals surface area (Å²) in [6.07, 6.45) is 0. The fourth-order valence-corrected chi connectivity index (χ4v) is 1.69. The van der Waals surface area contributed by atoms with Gasteiger partial charge in [-0.05, 0) is 17.7 Å². The van der Waals surface area contributed by atoms with Crippen molar-refractivity contribution >= 4 is 11.7 Å². The molecule has 2 aromatic carbocycles. The SMILES string of the molecule is O=C(O)c1ccccc1OCc1cccc([N+](=O)[O-])c1. The van der Waals surface area contributed by atoms with E-state index in [1.807, 2.05) is 0 Å². The molecule has 0 fully saturated rings. The van der Waals surface area contributed by atoms with E-state index < -0.39 is 10.9 Å². The molecule has 2 rings (SSSR count). The molecule has 0 saturated heterocycles. The number of hydrogen-bond donors (Lipinski definition) is 1. The summed E-state index contributed by atoms with van der Waals surface area (Å²) in [7, 11) is 0. The second kappa shape index (κ2) is 5.83. The molecule has 20 heavy (non-hydrogen) atoms. The molecule has 1 N–H and O–H groups in total. The number of hydrogen-bond acceptors (Lipinski definition) is 4. The Hall–Kier alpha value is -2.89. The van der Waals surface area contributed by atoms with Crippen LogP contribution in [0.15, 0.2) is 48.5 Å². The highest BCUT2D eigenvalue weighted by Crippen LogP contribution is 2.20. The Morgan fingerprint density at radius 3 is 2.65 bits per heavy atom. The molecule has 0 spiro atoms. The van der Waals surface area contributed by atoms with Crippen molar-refractivity contribution < 1.29 is 19.6 Å². The van der Waals surface area contributed by atoms with Crippen LogP contribution in [0.3, 0.4) is 0 Å². The lowest BCUT2D eigenvalue weighted by molar-refractivity contribution is -0.384. The molecule has 0 bridgehead atoms. The smallest absolute Gasteiger partial charge is 0.339 e. The van der Waals surface area contributed by atoms with Gasteiger partial charge >= 0.3 is 5.97 Å². The van der Waals surface area contributed by atoms with Crippen LogP contribution in [0.1, 0.15) is 15.9 Å². The first-order chi connectivity index (χ1) is 9.58. The number of rotatable bonds is 5. The molecule has 0 aliphatic rings. The maximum Gasteiger partial charge on any atom is 0.339 e. The lowest BCUT2D eigenvalue weighted by atomic mass is 10.2. The van der Waals surface area contributed by atoms with Crippen molar-refractivity contribution in [1.29, 1.82) is 0 Å². The molecule has 0 aliphatic carbocycles. The van der Waals surface area contributed by atoms with Gasteiger partial charge in [-0.2, -0.15) is 0 Å². The number of carboxylic acid groups (broad SMARTS) is 1. The summed E-state index contributed by atoms with van der Waals surface area (Å²) in [6.45, 7) is 0.0615. The Morgan fingerprint density at radius 1 is 1.20 bits per heavy atom. The van der Waals surface area contributed by atoms with Gasteiger partial charge in [0.05, 0.1) is 4.92 Å². The normalized spacial score (nSPS) is 10.0. The van der Waals surface area contributed by atoms with Gasteiger partial charge in [0.15, 0.2) is 0 Å². The number of non-ortho nitro benzene ring substituents is 1. The summed E-state index contributed by atoms with van der Waals surface area (Å²) in [4.78, 5) is 21.2.